The summed E-state index contributed by atoms with van der Waals surface area (Å²) in [6.45, 7) is 5.74. The number of pyridine rings is 1. The number of H-pyrrole nitrogens is 1. The molecule has 0 aliphatic rings. The Balaban J connectivity index is 1.52. The first-order valence-corrected chi connectivity index (χ1v) is 12.7. The van der Waals surface area contributed by atoms with Gasteiger partial charge in [-0.15, -0.1) is 0 Å². The second-order valence-corrected chi connectivity index (χ2v) is 9.57. The number of nitrogens with one attached hydrogen (secondary N) is 2. The lowest BCUT2D eigenvalue weighted by atomic mass is 10.0. The molecule has 2 N–H and O–H groups in total. The van der Waals surface area contributed by atoms with Crippen LogP contribution in [0.3, 0.4) is 0 Å². The van der Waals surface area contributed by atoms with E-state index in [1.165, 1.54) is 0 Å². The average Bonchev–Trinajstić information content (AvgIpc) is 2.89. The molecular formula is C30H33N3O3S. The molecule has 37 heavy (non-hydrogen) atoms. The summed E-state index contributed by atoms with van der Waals surface area (Å²) in [5, 5.41) is 5.04. The van der Waals surface area contributed by atoms with Crippen LogP contribution in [-0.4, -0.2) is 35.8 Å². The lowest BCUT2D eigenvalue weighted by Crippen LogP contribution is -2.40. The average molecular weight is 516 g/mol. The molecule has 1 heterocycles. The maximum absolute atomic E-state index is 13.0. The Kier molecular flexibility index (Phi) is 8.46. The van der Waals surface area contributed by atoms with Gasteiger partial charge in [0, 0.05) is 29.6 Å². The Bertz CT molecular complexity index is 1450. The fourth-order valence-corrected chi connectivity index (χ4v) is 4.74. The van der Waals surface area contributed by atoms with Crippen LogP contribution >= 0.6 is 12.2 Å². The highest BCUT2D eigenvalue weighted by atomic mass is 32.1. The molecule has 1 aromatic heterocycles. The predicted octanol–water partition coefficient (Wildman–Crippen LogP) is 5.28. The Labute approximate surface area is 223 Å². The van der Waals surface area contributed by atoms with E-state index in [0.29, 0.717) is 41.8 Å². The molecule has 4 aromatic rings. The molecule has 0 radical (unpaired) electrons. The first kappa shape index (κ1) is 26.2. The van der Waals surface area contributed by atoms with Crippen molar-refractivity contribution in [2.75, 3.05) is 20.8 Å². The van der Waals surface area contributed by atoms with Gasteiger partial charge in [-0.1, -0.05) is 42.5 Å². The third-order valence-electron chi connectivity index (χ3n) is 6.39. The van der Waals surface area contributed by atoms with E-state index in [4.69, 9.17) is 21.7 Å². The summed E-state index contributed by atoms with van der Waals surface area (Å²) < 4.78 is 10.8. The van der Waals surface area contributed by atoms with Crippen molar-refractivity contribution in [2.45, 2.75) is 33.4 Å². The number of hydrogen-bond donors (Lipinski definition) is 2. The van der Waals surface area contributed by atoms with Crippen LogP contribution in [0, 0.1) is 13.8 Å². The Hall–Kier alpha value is -3.84. The number of aromatic nitrogens is 1. The Morgan fingerprint density at radius 1 is 0.919 bits per heavy atom. The van der Waals surface area contributed by atoms with Gasteiger partial charge in [0.15, 0.2) is 16.6 Å². The van der Waals surface area contributed by atoms with Gasteiger partial charge < -0.3 is 24.7 Å². The van der Waals surface area contributed by atoms with E-state index in [9.17, 15) is 4.79 Å². The Morgan fingerprint density at radius 3 is 2.41 bits per heavy atom. The van der Waals surface area contributed by atoms with Gasteiger partial charge in [-0.05, 0) is 79.0 Å². The summed E-state index contributed by atoms with van der Waals surface area (Å²) in [6.07, 6.45) is 0.759. The zero-order valence-corrected chi connectivity index (χ0v) is 22.6. The van der Waals surface area contributed by atoms with Crippen LogP contribution < -0.4 is 20.3 Å². The van der Waals surface area contributed by atoms with Crippen molar-refractivity contribution in [1.29, 1.82) is 0 Å². The largest absolute Gasteiger partial charge is 0.493 e. The van der Waals surface area contributed by atoms with Gasteiger partial charge in [-0.2, -0.15) is 0 Å². The van der Waals surface area contributed by atoms with Crippen LogP contribution in [0.15, 0.2) is 71.5 Å². The summed E-state index contributed by atoms with van der Waals surface area (Å²) in [7, 11) is 3.26. The van der Waals surface area contributed by atoms with Crippen LogP contribution in [0.1, 0.15) is 27.8 Å². The minimum absolute atomic E-state index is 0.0938. The number of fused-ring (bicyclic) bond motifs is 1. The minimum Gasteiger partial charge on any atom is -0.493 e. The zero-order valence-electron chi connectivity index (χ0n) is 21.8. The maximum atomic E-state index is 13.0. The highest BCUT2D eigenvalue weighted by Crippen LogP contribution is 2.27. The van der Waals surface area contributed by atoms with E-state index >= 15 is 0 Å². The summed E-state index contributed by atoms with van der Waals surface area (Å²) >= 11 is 5.82. The molecule has 4 rings (SSSR count). The van der Waals surface area contributed by atoms with Crippen molar-refractivity contribution in [3.8, 4) is 11.5 Å². The van der Waals surface area contributed by atoms with E-state index in [2.05, 4.69) is 35.4 Å². The smallest absolute Gasteiger partial charge is 0.253 e. The van der Waals surface area contributed by atoms with Gasteiger partial charge in [0.1, 0.15) is 0 Å². The molecule has 0 saturated heterocycles. The number of benzene rings is 3. The van der Waals surface area contributed by atoms with E-state index in [-0.39, 0.29) is 5.56 Å². The molecule has 0 unspecified atom stereocenters. The van der Waals surface area contributed by atoms with Crippen molar-refractivity contribution in [2.24, 2.45) is 0 Å². The van der Waals surface area contributed by atoms with E-state index in [1.807, 2.05) is 60.4 Å². The summed E-state index contributed by atoms with van der Waals surface area (Å²) in [5.74, 6) is 1.41. The van der Waals surface area contributed by atoms with Crippen LogP contribution in [0.2, 0.25) is 0 Å². The normalized spacial score (nSPS) is 10.8. The molecule has 0 atom stereocenters. The van der Waals surface area contributed by atoms with E-state index < -0.39 is 0 Å². The van der Waals surface area contributed by atoms with Crippen LogP contribution in [0.5, 0.6) is 11.5 Å². The van der Waals surface area contributed by atoms with Crippen LogP contribution in [0.4, 0.5) is 0 Å². The first-order valence-electron chi connectivity index (χ1n) is 12.3. The molecule has 0 saturated carbocycles. The quantitative estimate of drug-likeness (QED) is 0.296. The lowest BCUT2D eigenvalue weighted by Gasteiger charge is -2.26. The number of hydrogen-bond acceptors (Lipinski definition) is 4. The minimum atomic E-state index is -0.0938. The highest BCUT2D eigenvalue weighted by Gasteiger charge is 2.15. The summed E-state index contributed by atoms with van der Waals surface area (Å²) in [6, 6.07) is 22.2. The summed E-state index contributed by atoms with van der Waals surface area (Å²) in [5.41, 5.74) is 5.94. The second kappa shape index (κ2) is 11.9. The number of nitrogens with zero attached hydrogens (tertiary/aromatic N) is 1. The van der Waals surface area contributed by atoms with E-state index in [0.717, 1.165) is 39.6 Å². The van der Waals surface area contributed by atoms with Crippen molar-refractivity contribution in [1.82, 2.24) is 15.2 Å². The first-order chi connectivity index (χ1) is 17.9. The number of thiocarbonyl (C=S) groups is 1. The highest BCUT2D eigenvalue weighted by molar-refractivity contribution is 7.80. The van der Waals surface area contributed by atoms with Crippen LogP contribution in [-0.2, 0) is 19.5 Å². The third-order valence-corrected chi connectivity index (χ3v) is 6.79. The van der Waals surface area contributed by atoms with Gasteiger partial charge in [0.25, 0.3) is 5.56 Å². The van der Waals surface area contributed by atoms with Gasteiger partial charge >= 0.3 is 0 Å². The van der Waals surface area contributed by atoms with Gasteiger partial charge in [-0.3, -0.25) is 4.79 Å². The molecule has 0 aliphatic heterocycles. The van der Waals surface area contributed by atoms with Crippen molar-refractivity contribution in [3.63, 3.8) is 0 Å². The SMILES string of the molecule is COc1ccc(CCNC(=S)N(Cc2ccccc2)Cc2cc3c(C)cc(C)cc3[nH]c2=O)cc1OC. The van der Waals surface area contributed by atoms with Crippen molar-refractivity contribution in [3.05, 3.63) is 105 Å². The maximum Gasteiger partial charge on any atom is 0.253 e. The topological polar surface area (TPSA) is 66.6 Å². The van der Waals surface area contributed by atoms with Gasteiger partial charge in [0.05, 0.1) is 20.8 Å². The molecule has 7 heteroatoms. The second-order valence-electron chi connectivity index (χ2n) is 9.18. The molecule has 3 aromatic carbocycles. The lowest BCUT2D eigenvalue weighted by molar-refractivity contribution is 0.354. The van der Waals surface area contributed by atoms with Gasteiger partial charge in [-0.25, -0.2) is 0 Å². The molecule has 0 bridgehead atoms. The fourth-order valence-electron chi connectivity index (χ4n) is 4.50. The van der Waals surface area contributed by atoms with Gasteiger partial charge in [0.2, 0.25) is 0 Å². The fraction of sp³-hybridized carbons (Fsp3) is 0.267. The standard InChI is InChI=1S/C30H33N3O3S/c1-20-14-21(2)25-17-24(29(34)32-26(25)15-20)19-33(18-23-8-6-5-7-9-23)30(37)31-13-12-22-10-11-27(35-3)28(16-22)36-4/h5-11,14-17H,12-13,18-19H2,1-4H3,(H,31,37)(H,32,34). The number of rotatable bonds is 9. The molecule has 0 fully saturated rings. The number of aromatic amines is 1. The Morgan fingerprint density at radius 2 is 1.68 bits per heavy atom. The molecule has 6 nitrogen and oxygen atoms in total. The summed E-state index contributed by atoms with van der Waals surface area (Å²) in [4.78, 5) is 18.1. The molecular weight excluding hydrogens is 482 g/mol. The van der Waals surface area contributed by atoms with E-state index in [1.54, 1.807) is 14.2 Å². The number of aryl methyl sites for hydroxylation is 2. The molecule has 0 aliphatic carbocycles. The zero-order chi connectivity index (χ0) is 26.4. The molecule has 0 spiro atoms. The number of methoxy groups -OCH3 is 2. The predicted molar refractivity (Wildman–Crippen MR) is 154 cm³/mol. The monoisotopic (exact) mass is 515 g/mol. The molecule has 192 valence electrons. The number of ether oxygens (including phenoxy) is 2. The van der Waals surface area contributed by atoms with Crippen LogP contribution in [0.25, 0.3) is 10.9 Å². The third kappa shape index (κ3) is 6.49. The van der Waals surface area contributed by atoms with Crippen molar-refractivity contribution >= 4 is 28.2 Å². The van der Waals surface area contributed by atoms with Crippen molar-refractivity contribution < 1.29 is 9.47 Å². The molecule has 0 amide bonds.